The van der Waals surface area contributed by atoms with Crippen molar-refractivity contribution in [2.45, 2.75) is 31.2 Å². The molecule has 0 radical (unpaired) electrons. The van der Waals surface area contributed by atoms with Gasteiger partial charge in [0.1, 0.15) is 5.82 Å². The van der Waals surface area contributed by atoms with Crippen LogP contribution in [0.5, 0.6) is 0 Å². The minimum absolute atomic E-state index is 0.0562. The Morgan fingerprint density at radius 3 is 2.65 bits per heavy atom. The Hall–Kier alpha value is -1.98. The van der Waals surface area contributed by atoms with Gasteiger partial charge in [-0.1, -0.05) is 0 Å². The number of hydrogen-bond acceptors (Lipinski definition) is 4. The van der Waals surface area contributed by atoms with Crippen LogP contribution in [0.1, 0.15) is 29.3 Å². The van der Waals surface area contributed by atoms with E-state index in [-0.39, 0.29) is 12.0 Å². The van der Waals surface area contributed by atoms with Crippen molar-refractivity contribution in [3.05, 3.63) is 29.1 Å². The van der Waals surface area contributed by atoms with Gasteiger partial charge in [0.15, 0.2) is 0 Å². The summed E-state index contributed by atoms with van der Waals surface area (Å²) >= 11 is 0. The average Bonchev–Trinajstić information content (AvgIpc) is 2.31. The van der Waals surface area contributed by atoms with Crippen LogP contribution in [0.25, 0.3) is 0 Å². The fourth-order valence-corrected chi connectivity index (χ4v) is 3.09. The fourth-order valence-electron chi connectivity index (χ4n) is 1.56. The van der Waals surface area contributed by atoms with E-state index in [1.54, 1.807) is 6.07 Å². The van der Waals surface area contributed by atoms with Gasteiger partial charge in [-0.05, 0) is 26.0 Å². The van der Waals surface area contributed by atoms with Crippen molar-refractivity contribution in [3.63, 3.8) is 0 Å². The second-order valence-electron chi connectivity index (χ2n) is 4.27. The first-order valence-electron chi connectivity index (χ1n) is 5.61. The summed E-state index contributed by atoms with van der Waals surface area (Å²) in [5.74, 6) is -2.34. The summed E-state index contributed by atoms with van der Waals surface area (Å²) in [5, 5.41) is 17.3. The predicted octanol–water partition coefficient (Wildman–Crippen LogP) is 1.41. The van der Waals surface area contributed by atoms with Gasteiger partial charge in [-0.2, -0.15) is 5.26 Å². The van der Waals surface area contributed by atoms with Gasteiger partial charge in [-0.25, -0.2) is 22.3 Å². The molecule has 0 aliphatic heterocycles. The number of carboxylic acids is 1. The molecule has 0 saturated heterocycles. The standard InChI is InChI=1S/C12H13FN2O4S/c1-7(3-4-14)15-20(18,19)11-6-9(12(16)17)5-10(13)8(11)2/h5-7,15H,3H2,1-2H3,(H,16,17). The molecule has 8 heteroatoms. The summed E-state index contributed by atoms with van der Waals surface area (Å²) in [7, 11) is -4.10. The topological polar surface area (TPSA) is 107 Å². The number of carbonyl (C=O) groups is 1. The third-order valence-electron chi connectivity index (χ3n) is 2.59. The highest BCUT2D eigenvalue weighted by Gasteiger charge is 2.23. The first kappa shape index (κ1) is 16.1. The molecule has 0 aliphatic rings. The lowest BCUT2D eigenvalue weighted by Gasteiger charge is -2.14. The van der Waals surface area contributed by atoms with Crippen LogP contribution in [0, 0.1) is 24.1 Å². The molecular formula is C12H13FN2O4S. The fraction of sp³-hybridized carbons (Fsp3) is 0.333. The largest absolute Gasteiger partial charge is 0.478 e. The molecule has 1 aromatic carbocycles. The molecular weight excluding hydrogens is 287 g/mol. The summed E-state index contributed by atoms with van der Waals surface area (Å²) in [6.07, 6.45) is -0.0562. The van der Waals surface area contributed by atoms with Gasteiger partial charge in [-0.15, -0.1) is 0 Å². The average molecular weight is 300 g/mol. The summed E-state index contributed by atoms with van der Waals surface area (Å²) in [6, 6.07) is 2.79. The lowest BCUT2D eigenvalue weighted by Crippen LogP contribution is -2.33. The third-order valence-corrected chi connectivity index (χ3v) is 4.30. The molecule has 2 N–H and O–H groups in total. The number of rotatable bonds is 5. The summed E-state index contributed by atoms with van der Waals surface area (Å²) in [4.78, 5) is 10.4. The summed E-state index contributed by atoms with van der Waals surface area (Å²) in [6.45, 7) is 2.72. The van der Waals surface area contributed by atoms with Crippen LogP contribution >= 0.6 is 0 Å². The van der Waals surface area contributed by atoms with E-state index in [1.807, 2.05) is 0 Å². The number of hydrogen-bond donors (Lipinski definition) is 2. The highest BCUT2D eigenvalue weighted by molar-refractivity contribution is 7.89. The van der Waals surface area contributed by atoms with Crippen molar-refractivity contribution in [2.24, 2.45) is 0 Å². The lowest BCUT2D eigenvalue weighted by atomic mass is 10.1. The van der Waals surface area contributed by atoms with Gasteiger partial charge < -0.3 is 5.11 Å². The molecule has 0 amide bonds. The van der Waals surface area contributed by atoms with Crippen molar-refractivity contribution in [3.8, 4) is 6.07 Å². The zero-order valence-corrected chi connectivity index (χ0v) is 11.7. The van der Waals surface area contributed by atoms with Gasteiger partial charge in [-0.3, -0.25) is 0 Å². The number of halogens is 1. The van der Waals surface area contributed by atoms with Crippen LogP contribution in [0.15, 0.2) is 17.0 Å². The van der Waals surface area contributed by atoms with E-state index in [2.05, 4.69) is 4.72 Å². The van der Waals surface area contributed by atoms with Crippen molar-refractivity contribution in [1.29, 1.82) is 5.26 Å². The van der Waals surface area contributed by atoms with Crippen LogP contribution in [-0.4, -0.2) is 25.5 Å². The first-order chi connectivity index (χ1) is 9.19. The van der Waals surface area contributed by atoms with Crippen molar-refractivity contribution in [2.75, 3.05) is 0 Å². The molecule has 1 aromatic rings. The minimum atomic E-state index is -4.10. The molecule has 0 aromatic heterocycles. The highest BCUT2D eigenvalue weighted by Crippen LogP contribution is 2.21. The molecule has 1 rings (SSSR count). The van der Waals surface area contributed by atoms with Crippen LogP contribution in [0.2, 0.25) is 0 Å². The van der Waals surface area contributed by atoms with E-state index < -0.39 is 38.3 Å². The van der Waals surface area contributed by atoms with E-state index in [1.165, 1.54) is 13.8 Å². The van der Waals surface area contributed by atoms with Gasteiger partial charge in [0.05, 0.1) is 22.9 Å². The maximum Gasteiger partial charge on any atom is 0.335 e. The molecule has 6 nitrogen and oxygen atoms in total. The molecule has 1 atom stereocenters. The zero-order chi connectivity index (χ0) is 15.5. The molecule has 0 fully saturated rings. The SMILES string of the molecule is Cc1c(F)cc(C(=O)O)cc1S(=O)(=O)NC(C)CC#N. The molecule has 0 spiro atoms. The Kier molecular flexibility index (Phi) is 4.81. The van der Waals surface area contributed by atoms with Crippen LogP contribution in [-0.2, 0) is 10.0 Å². The minimum Gasteiger partial charge on any atom is -0.478 e. The van der Waals surface area contributed by atoms with E-state index in [9.17, 15) is 17.6 Å². The van der Waals surface area contributed by atoms with E-state index in [0.29, 0.717) is 0 Å². The van der Waals surface area contributed by atoms with Crippen molar-refractivity contribution < 1.29 is 22.7 Å². The number of nitrogens with zero attached hydrogens (tertiary/aromatic N) is 1. The normalized spacial score (nSPS) is 12.7. The number of aromatic carboxylic acids is 1. The van der Waals surface area contributed by atoms with Crippen LogP contribution < -0.4 is 4.72 Å². The maximum atomic E-state index is 13.6. The second kappa shape index (κ2) is 5.98. The number of sulfonamides is 1. The van der Waals surface area contributed by atoms with Gasteiger partial charge in [0, 0.05) is 11.6 Å². The molecule has 0 heterocycles. The maximum absolute atomic E-state index is 13.6. The Balaban J connectivity index is 3.31. The molecule has 1 unspecified atom stereocenters. The van der Waals surface area contributed by atoms with E-state index >= 15 is 0 Å². The second-order valence-corrected chi connectivity index (χ2v) is 5.95. The molecule has 0 bridgehead atoms. The molecule has 0 saturated carbocycles. The van der Waals surface area contributed by atoms with Gasteiger partial charge in [0.25, 0.3) is 0 Å². The van der Waals surface area contributed by atoms with Crippen molar-refractivity contribution >= 4 is 16.0 Å². The van der Waals surface area contributed by atoms with E-state index in [4.69, 9.17) is 10.4 Å². The summed E-state index contributed by atoms with van der Waals surface area (Å²) < 4.78 is 40.0. The lowest BCUT2D eigenvalue weighted by molar-refractivity contribution is 0.0696. The quantitative estimate of drug-likeness (QED) is 0.855. The first-order valence-corrected chi connectivity index (χ1v) is 7.10. The Morgan fingerprint density at radius 1 is 1.55 bits per heavy atom. The van der Waals surface area contributed by atoms with Crippen molar-refractivity contribution in [1.82, 2.24) is 4.72 Å². The summed E-state index contributed by atoms with van der Waals surface area (Å²) in [5.41, 5.74) is -0.631. The highest BCUT2D eigenvalue weighted by atomic mass is 32.2. The Morgan fingerprint density at radius 2 is 2.15 bits per heavy atom. The van der Waals surface area contributed by atoms with Gasteiger partial charge in [0.2, 0.25) is 10.0 Å². The molecule has 0 aliphatic carbocycles. The monoisotopic (exact) mass is 300 g/mol. The number of carboxylic acid groups (broad SMARTS) is 1. The predicted molar refractivity (Wildman–Crippen MR) is 68.1 cm³/mol. The molecule has 108 valence electrons. The van der Waals surface area contributed by atoms with Crippen LogP contribution in [0.4, 0.5) is 4.39 Å². The number of benzene rings is 1. The smallest absolute Gasteiger partial charge is 0.335 e. The zero-order valence-electron chi connectivity index (χ0n) is 10.8. The van der Waals surface area contributed by atoms with Gasteiger partial charge >= 0.3 is 5.97 Å². The molecule has 20 heavy (non-hydrogen) atoms. The number of nitrogens with one attached hydrogen (secondary N) is 1. The van der Waals surface area contributed by atoms with E-state index in [0.717, 1.165) is 12.1 Å². The van der Waals surface area contributed by atoms with Crippen LogP contribution in [0.3, 0.4) is 0 Å². The third kappa shape index (κ3) is 3.53. The Bertz CT molecular complexity index is 679. The Labute approximate surface area is 115 Å². The number of nitriles is 1.